The third-order valence-corrected chi connectivity index (χ3v) is 4.62. The fourth-order valence-electron chi connectivity index (χ4n) is 1.49. The number of carbonyl (C=O) groups is 1. The predicted molar refractivity (Wildman–Crippen MR) is 76.9 cm³/mol. The average Bonchev–Trinajstić information content (AvgIpc) is 2.39. The zero-order valence-electron chi connectivity index (χ0n) is 11.6. The molecule has 0 saturated heterocycles. The van der Waals surface area contributed by atoms with E-state index < -0.39 is 15.3 Å². The minimum atomic E-state index is -2.03. The van der Waals surface area contributed by atoms with Gasteiger partial charge in [-0.25, -0.2) is 4.79 Å². The first-order chi connectivity index (χ1) is 9.10. The molecule has 0 heterocycles. The van der Waals surface area contributed by atoms with E-state index in [4.69, 9.17) is 13.6 Å². The van der Waals surface area contributed by atoms with Gasteiger partial charge in [0.05, 0.1) is 0 Å². The summed E-state index contributed by atoms with van der Waals surface area (Å²) >= 11 is 0. The molecule has 104 valence electrons. The van der Waals surface area contributed by atoms with Gasteiger partial charge in [0.1, 0.15) is 5.75 Å². The summed E-state index contributed by atoms with van der Waals surface area (Å²) in [6.07, 6.45) is 0. The van der Waals surface area contributed by atoms with E-state index in [1.165, 1.54) is 0 Å². The summed E-state index contributed by atoms with van der Waals surface area (Å²) in [7, 11) is -2.03. The molecule has 1 aromatic rings. The van der Waals surface area contributed by atoms with Gasteiger partial charge in [0.15, 0.2) is 0 Å². The van der Waals surface area contributed by atoms with Gasteiger partial charge in [-0.2, -0.15) is 0 Å². The minimum Gasteiger partial charge on any atom is -0.423 e. The lowest BCUT2D eigenvalue weighted by atomic mass is 10.3. The summed E-state index contributed by atoms with van der Waals surface area (Å²) in [4.78, 5) is 11.6. The Morgan fingerprint density at radius 3 is 2.32 bits per heavy atom. The van der Waals surface area contributed by atoms with Crippen LogP contribution < -0.4 is 9.92 Å². The van der Waals surface area contributed by atoms with Crippen LogP contribution in [0.15, 0.2) is 36.4 Å². The molecule has 0 aliphatic rings. The van der Waals surface area contributed by atoms with Gasteiger partial charge in [0.2, 0.25) is 0 Å². The second-order valence-corrected chi connectivity index (χ2v) is 5.90. The fraction of sp³-hybridized carbons (Fsp3) is 0.357. The number of benzene rings is 1. The van der Waals surface area contributed by atoms with Gasteiger partial charge in [0, 0.05) is 24.0 Å². The van der Waals surface area contributed by atoms with Crippen LogP contribution >= 0.6 is 0 Å². The molecular formula is C14H20O4Si. The molecule has 0 bridgehead atoms. The van der Waals surface area contributed by atoms with Gasteiger partial charge in [0.25, 0.3) is 0 Å². The Morgan fingerprint density at radius 1 is 1.21 bits per heavy atom. The number of carbonyl (C=O) groups excluding carboxylic acids is 1. The van der Waals surface area contributed by atoms with Crippen LogP contribution in [0.1, 0.15) is 20.8 Å². The maximum Gasteiger partial charge on any atom is 0.359 e. The molecule has 0 aliphatic heterocycles. The van der Waals surface area contributed by atoms with Gasteiger partial charge in [-0.15, -0.1) is 0 Å². The first-order valence-corrected chi connectivity index (χ1v) is 7.82. The molecule has 0 atom stereocenters. The van der Waals surface area contributed by atoms with E-state index in [0.717, 1.165) is 5.19 Å². The Hall–Kier alpha value is -1.43. The molecule has 1 rings (SSSR count). The van der Waals surface area contributed by atoms with Gasteiger partial charge in [-0.05, 0) is 26.8 Å². The number of esters is 1. The molecule has 0 saturated carbocycles. The molecule has 0 amide bonds. The number of para-hydroxylation sites is 1. The molecule has 0 aliphatic carbocycles. The summed E-state index contributed by atoms with van der Waals surface area (Å²) in [5, 5.41) is 0.834. The first-order valence-electron chi connectivity index (χ1n) is 6.29. The van der Waals surface area contributed by atoms with Gasteiger partial charge in [-0.3, -0.25) is 0 Å². The van der Waals surface area contributed by atoms with Gasteiger partial charge < -0.3 is 13.6 Å². The van der Waals surface area contributed by atoms with Crippen molar-refractivity contribution >= 4 is 20.4 Å². The minimum absolute atomic E-state index is 0.362. The van der Waals surface area contributed by atoms with Crippen molar-refractivity contribution in [1.82, 2.24) is 0 Å². The lowest BCUT2D eigenvalue weighted by Gasteiger charge is -2.17. The monoisotopic (exact) mass is 280 g/mol. The highest BCUT2D eigenvalue weighted by molar-refractivity contribution is 6.62. The fourth-order valence-corrected chi connectivity index (χ4v) is 3.20. The zero-order chi connectivity index (χ0) is 14.3. The maximum absolute atomic E-state index is 11.6. The summed E-state index contributed by atoms with van der Waals surface area (Å²) in [5.41, 5.74) is 0.362. The van der Waals surface area contributed by atoms with Crippen LogP contribution in [0.5, 0.6) is 5.75 Å². The normalized spacial score (nSPS) is 10.5. The topological polar surface area (TPSA) is 44.8 Å². The molecule has 4 nitrogen and oxygen atoms in total. The van der Waals surface area contributed by atoms with Crippen LogP contribution in [0, 0.1) is 0 Å². The van der Waals surface area contributed by atoms with E-state index in [1.807, 2.05) is 32.0 Å². The molecule has 0 unspecified atom stereocenters. The smallest absolute Gasteiger partial charge is 0.359 e. The van der Waals surface area contributed by atoms with E-state index in [9.17, 15) is 4.79 Å². The Balaban J connectivity index is 2.98. The molecular weight excluding hydrogens is 260 g/mol. The lowest BCUT2D eigenvalue weighted by Crippen LogP contribution is -2.38. The largest absolute Gasteiger partial charge is 0.423 e. The highest BCUT2D eigenvalue weighted by atomic mass is 28.3. The summed E-state index contributed by atoms with van der Waals surface area (Å²) < 4.78 is 16.6. The predicted octanol–water partition coefficient (Wildman–Crippen LogP) is 1.67. The third-order valence-electron chi connectivity index (χ3n) is 2.36. The van der Waals surface area contributed by atoms with Crippen molar-refractivity contribution in [2.45, 2.75) is 20.8 Å². The second kappa shape index (κ2) is 7.88. The van der Waals surface area contributed by atoms with Crippen molar-refractivity contribution in [3.63, 3.8) is 0 Å². The lowest BCUT2D eigenvalue weighted by molar-refractivity contribution is -0.130. The third kappa shape index (κ3) is 4.63. The number of hydrogen-bond acceptors (Lipinski definition) is 4. The van der Waals surface area contributed by atoms with Crippen LogP contribution in [-0.2, 0) is 13.6 Å². The Labute approximate surface area is 115 Å². The highest BCUT2D eigenvalue weighted by Gasteiger charge is 2.21. The molecule has 19 heavy (non-hydrogen) atoms. The molecule has 5 heteroatoms. The maximum atomic E-state index is 11.6. The molecule has 0 N–H and O–H groups in total. The summed E-state index contributed by atoms with van der Waals surface area (Å²) in [6.45, 7) is 10.2. The van der Waals surface area contributed by atoms with Crippen molar-refractivity contribution in [2.75, 3.05) is 13.2 Å². The van der Waals surface area contributed by atoms with E-state index in [-0.39, 0.29) is 0 Å². The molecule has 0 fully saturated rings. The van der Waals surface area contributed by atoms with E-state index >= 15 is 0 Å². The van der Waals surface area contributed by atoms with Crippen molar-refractivity contribution in [2.24, 2.45) is 0 Å². The van der Waals surface area contributed by atoms with Crippen LogP contribution in [-0.4, -0.2) is 28.5 Å². The molecule has 0 radical (unpaired) electrons. The number of rotatable bonds is 7. The molecule has 1 aromatic carbocycles. The van der Waals surface area contributed by atoms with Crippen LogP contribution in [0.3, 0.4) is 0 Å². The first kappa shape index (κ1) is 15.6. The standard InChI is InChI=1S/C14H20O4Si/c1-5-16-19(17-6-2)13-10-8-7-9-12(13)18-14(15)11(3)4/h7-10,19H,3,5-6H2,1-2,4H3. The van der Waals surface area contributed by atoms with E-state index in [1.54, 1.807) is 13.0 Å². The Morgan fingerprint density at radius 2 is 1.79 bits per heavy atom. The summed E-state index contributed by atoms with van der Waals surface area (Å²) in [5.74, 6) is 0.0577. The Kier molecular flexibility index (Phi) is 6.48. The second-order valence-electron chi connectivity index (χ2n) is 3.95. The van der Waals surface area contributed by atoms with Gasteiger partial charge >= 0.3 is 15.3 Å². The number of ether oxygens (including phenoxy) is 1. The zero-order valence-corrected chi connectivity index (χ0v) is 12.8. The van der Waals surface area contributed by atoms with Gasteiger partial charge in [-0.1, -0.05) is 24.8 Å². The Bertz CT molecular complexity index is 439. The van der Waals surface area contributed by atoms with Crippen molar-refractivity contribution in [3.8, 4) is 5.75 Å². The van der Waals surface area contributed by atoms with E-state index in [0.29, 0.717) is 24.5 Å². The van der Waals surface area contributed by atoms with Crippen LogP contribution in [0.4, 0.5) is 0 Å². The average molecular weight is 280 g/mol. The quantitative estimate of drug-likeness (QED) is 0.330. The summed E-state index contributed by atoms with van der Waals surface area (Å²) in [6, 6.07) is 7.32. The van der Waals surface area contributed by atoms with E-state index in [2.05, 4.69) is 6.58 Å². The molecule has 0 aromatic heterocycles. The van der Waals surface area contributed by atoms with Crippen molar-refractivity contribution in [1.29, 1.82) is 0 Å². The van der Waals surface area contributed by atoms with Crippen LogP contribution in [0.2, 0.25) is 0 Å². The highest BCUT2D eigenvalue weighted by Crippen LogP contribution is 2.11. The SMILES string of the molecule is C=C(C)C(=O)Oc1ccccc1[SiH](OCC)OCC. The molecule has 0 spiro atoms. The van der Waals surface area contributed by atoms with Crippen molar-refractivity contribution < 1.29 is 18.4 Å². The van der Waals surface area contributed by atoms with Crippen LogP contribution in [0.25, 0.3) is 0 Å². The number of hydrogen-bond donors (Lipinski definition) is 0. The van der Waals surface area contributed by atoms with Crippen molar-refractivity contribution in [3.05, 3.63) is 36.4 Å².